The zero-order valence-electron chi connectivity index (χ0n) is 1.86. The summed E-state index contributed by atoms with van der Waals surface area (Å²) in [5.41, 5.74) is 0. The van der Waals surface area contributed by atoms with E-state index in [2.05, 4.69) is 0 Å². The summed E-state index contributed by atoms with van der Waals surface area (Å²) < 4.78 is 8.26. The van der Waals surface area contributed by atoms with Gasteiger partial charge in [0, 0.05) is 16.8 Å². The van der Waals surface area contributed by atoms with Crippen molar-refractivity contribution >= 4 is 9.90 Å². The SMILES string of the molecule is P.[Co].[O]=[Mo]. The van der Waals surface area contributed by atoms with Gasteiger partial charge in [0.15, 0.2) is 0 Å². The summed E-state index contributed by atoms with van der Waals surface area (Å²) in [7, 11) is 0. The Morgan fingerprint density at radius 2 is 1.25 bits per heavy atom. The minimum absolute atomic E-state index is 0. The first kappa shape index (κ1) is 18.1. The third-order valence-electron chi connectivity index (χ3n) is 0. The summed E-state index contributed by atoms with van der Waals surface area (Å²) in [6.45, 7) is 0. The van der Waals surface area contributed by atoms with Crippen molar-refractivity contribution < 1.29 is 40.0 Å². The van der Waals surface area contributed by atoms with Crippen LogP contribution in [0.4, 0.5) is 0 Å². The molecule has 0 bridgehead atoms. The van der Waals surface area contributed by atoms with E-state index in [1.165, 1.54) is 0 Å². The molecule has 0 aromatic carbocycles. The molecule has 0 aromatic heterocycles. The summed E-state index contributed by atoms with van der Waals surface area (Å²) in [6.07, 6.45) is 0. The van der Waals surface area contributed by atoms with Crippen LogP contribution in [0.1, 0.15) is 0 Å². The molecule has 0 saturated heterocycles. The Morgan fingerprint density at radius 3 is 1.25 bits per heavy atom. The van der Waals surface area contributed by atoms with Crippen LogP contribution in [0.2, 0.25) is 0 Å². The summed E-state index contributed by atoms with van der Waals surface area (Å²) >= 11 is 0.700. The topological polar surface area (TPSA) is 17.1 Å². The molecule has 0 amide bonds. The molecule has 29 valence electrons. The monoisotopic (exact) mass is 207 g/mol. The van der Waals surface area contributed by atoms with Crippen molar-refractivity contribution in [2.45, 2.75) is 0 Å². The van der Waals surface area contributed by atoms with Gasteiger partial charge < -0.3 is 0 Å². The van der Waals surface area contributed by atoms with Gasteiger partial charge in [-0.05, 0) is 0 Å². The second-order valence-electron chi connectivity index (χ2n) is 0. The van der Waals surface area contributed by atoms with Gasteiger partial charge in [-0.25, -0.2) is 0 Å². The van der Waals surface area contributed by atoms with E-state index in [1.807, 2.05) is 0 Å². The van der Waals surface area contributed by atoms with Crippen molar-refractivity contribution in [3.63, 3.8) is 0 Å². The van der Waals surface area contributed by atoms with Crippen LogP contribution in [0.15, 0.2) is 0 Å². The van der Waals surface area contributed by atoms with Gasteiger partial charge in [0.05, 0.1) is 0 Å². The molecular formula is H3CoMoOP. The zero-order valence-corrected chi connectivity index (χ0v) is 6.32. The minimum atomic E-state index is 0. The molecule has 0 aliphatic carbocycles. The zero-order chi connectivity index (χ0) is 2.00. The molecule has 0 N–H and O–H groups in total. The van der Waals surface area contributed by atoms with E-state index in [9.17, 15) is 0 Å². The molecule has 0 heterocycles. The van der Waals surface area contributed by atoms with Crippen molar-refractivity contribution in [2.24, 2.45) is 0 Å². The van der Waals surface area contributed by atoms with Crippen LogP contribution in [0.25, 0.3) is 0 Å². The molecule has 0 aliphatic heterocycles. The second kappa shape index (κ2) is 25.6. The molecule has 4 heavy (non-hydrogen) atoms. The van der Waals surface area contributed by atoms with Gasteiger partial charge in [0.25, 0.3) is 0 Å². The fraction of sp³-hybridized carbons (Fsp3) is 0. The number of hydrogen-bond donors (Lipinski definition) is 0. The fourth-order valence-corrected chi connectivity index (χ4v) is 0. The Hall–Kier alpha value is 1.42. The van der Waals surface area contributed by atoms with Crippen molar-refractivity contribution in [1.82, 2.24) is 0 Å². The molecule has 1 atom stereocenters. The Kier molecular flexibility index (Phi) is 115. The van der Waals surface area contributed by atoms with E-state index in [-0.39, 0.29) is 26.7 Å². The van der Waals surface area contributed by atoms with Crippen LogP contribution in [-0.4, -0.2) is 0 Å². The first-order chi connectivity index (χ1) is 1.00. The maximum atomic E-state index is 8.26. The average molecular weight is 205 g/mol. The van der Waals surface area contributed by atoms with E-state index in [0.29, 0.717) is 19.8 Å². The second-order valence-corrected chi connectivity index (χ2v) is 0. The van der Waals surface area contributed by atoms with Crippen molar-refractivity contribution in [3.8, 4) is 0 Å². The molecule has 0 spiro atoms. The van der Waals surface area contributed by atoms with Gasteiger partial charge >= 0.3 is 23.2 Å². The predicted octanol–water partition coefficient (Wildman–Crippen LogP) is -0.0657. The molecule has 0 aromatic rings. The van der Waals surface area contributed by atoms with Crippen molar-refractivity contribution in [2.75, 3.05) is 0 Å². The molecule has 0 fully saturated rings. The molecule has 0 aliphatic rings. The van der Waals surface area contributed by atoms with Crippen LogP contribution in [-0.2, 0) is 40.0 Å². The Balaban J connectivity index is -0.00000000500. The van der Waals surface area contributed by atoms with E-state index < -0.39 is 0 Å². The molecular weight excluding hydrogens is 202 g/mol. The summed E-state index contributed by atoms with van der Waals surface area (Å²) in [5, 5.41) is 0. The van der Waals surface area contributed by atoms with Gasteiger partial charge in [0.2, 0.25) is 0 Å². The first-order valence-electron chi connectivity index (χ1n) is 0.167. The third-order valence-corrected chi connectivity index (χ3v) is 0. The third kappa shape index (κ3) is 9.92. The van der Waals surface area contributed by atoms with Crippen LogP contribution in [0.3, 0.4) is 0 Å². The molecule has 4 heteroatoms. The number of hydrogen-bond acceptors (Lipinski definition) is 1. The maximum absolute atomic E-state index is 8.26. The van der Waals surface area contributed by atoms with E-state index in [0.717, 1.165) is 0 Å². The van der Waals surface area contributed by atoms with E-state index in [4.69, 9.17) is 3.40 Å². The average Bonchev–Trinajstić information content (AvgIpc) is 1.00. The predicted molar refractivity (Wildman–Crippen MR) is 11.8 cm³/mol. The Morgan fingerprint density at radius 1 is 1.25 bits per heavy atom. The molecule has 0 rings (SSSR count). The Bertz CT molecular complexity index is 8.00. The van der Waals surface area contributed by atoms with Crippen molar-refractivity contribution in [1.29, 1.82) is 0 Å². The summed E-state index contributed by atoms with van der Waals surface area (Å²) in [4.78, 5) is 0. The summed E-state index contributed by atoms with van der Waals surface area (Å²) in [6, 6.07) is 0. The Labute approximate surface area is 49.9 Å². The summed E-state index contributed by atoms with van der Waals surface area (Å²) in [5.74, 6) is 0. The fourth-order valence-electron chi connectivity index (χ4n) is 0. The van der Waals surface area contributed by atoms with Gasteiger partial charge in [0.1, 0.15) is 0 Å². The standard InChI is InChI=1S/Co.Mo.O.H3P/h;;;1H3. The molecule has 1 unspecified atom stereocenters. The molecule has 1 radical (unpaired) electrons. The molecule has 0 saturated carbocycles. The first-order valence-corrected chi connectivity index (χ1v) is 0.986. The van der Waals surface area contributed by atoms with Gasteiger partial charge in [-0.15, -0.1) is 0 Å². The van der Waals surface area contributed by atoms with Gasteiger partial charge in [-0.1, -0.05) is 0 Å². The number of rotatable bonds is 0. The van der Waals surface area contributed by atoms with E-state index in [1.54, 1.807) is 0 Å². The van der Waals surface area contributed by atoms with Crippen LogP contribution < -0.4 is 0 Å². The van der Waals surface area contributed by atoms with Crippen molar-refractivity contribution in [3.05, 3.63) is 0 Å². The van der Waals surface area contributed by atoms with Crippen LogP contribution in [0.5, 0.6) is 0 Å². The van der Waals surface area contributed by atoms with Gasteiger partial charge in [-0.3, -0.25) is 0 Å². The van der Waals surface area contributed by atoms with Crippen LogP contribution in [0, 0.1) is 0 Å². The van der Waals surface area contributed by atoms with Crippen LogP contribution >= 0.6 is 9.90 Å². The normalized spacial score (nSPS) is 1.00. The van der Waals surface area contributed by atoms with E-state index >= 15 is 0 Å². The molecule has 1 nitrogen and oxygen atoms in total. The van der Waals surface area contributed by atoms with Gasteiger partial charge in [-0.2, -0.15) is 9.90 Å². The quantitative estimate of drug-likeness (QED) is 0.399.